The topological polar surface area (TPSA) is 84.9 Å². The zero-order valence-electron chi connectivity index (χ0n) is 15.6. The summed E-state index contributed by atoms with van der Waals surface area (Å²) < 4.78 is 0. The van der Waals surface area contributed by atoms with Crippen molar-refractivity contribution in [1.29, 1.82) is 0 Å². The van der Waals surface area contributed by atoms with Crippen LogP contribution in [0.15, 0.2) is 48.5 Å². The number of nitrogens with one attached hydrogen (secondary N) is 2. The van der Waals surface area contributed by atoms with Crippen LogP contribution in [0.4, 0.5) is 16.2 Å². The second-order valence-corrected chi connectivity index (χ2v) is 7.07. The molecule has 0 radical (unpaired) electrons. The third-order valence-electron chi connectivity index (χ3n) is 4.64. The van der Waals surface area contributed by atoms with E-state index in [0.717, 1.165) is 5.69 Å². The van der Waals surface area contributed by atoms with Crippen LogP contribution in [0.3, 0.4) is 0 Å². The molecule has 28 heavy (non-hydrogen) atoms. The van der Waals surface area contributed by atoms with Gasteiger partial charge in [-0.1, -0.05) is 29.8 Å². The Labute approximate surface area is 168 Å². The first-order chi connectivity index (χ1) is 13.4. The summed E-state index contributed by atoms with van der Waals surface area (Å²) in [6.45, 7) is 4.08. The van der Waals surface area contributed by atoms with Gasteiger partial charge in [-0.3, -0.25) is 4.79 Å². The molecule has 0 bridgehead atoms. The van der Waals surface area contributed by atoms with Crippen LogP contribution < -0.4 is 15.5 Å². The smallest absolute Gasteiger partial charge is 0.318 e. The van der Waals surface area contributed by atoms with Crippen molar-refractivity contribution in [2.45, 2.75) is 13.0 Å². The van der Waals surface area contributed by atoms with Gasteiger partial charge in [-0.25, -0.2) is 4.79 Å². The minimum absolute atomic E-state index is 0.0217. The number of carbonyl (C=O) groups is 2. The van der Waals surface area contributed by atoms with Crippen LogP contribution in [0.2, 0.25) is 5.02 Å². The van der Waals surface area contributed by atoms with Gasteiger partial charge in [0.15, 0.2) is 0 Å². The van der Waals surface area contributed by atoms with Crippen molar-refractivity contribution in [3.63, 3.8) is 0 Å². The zero-order chi connectivity index (χ0) is 20.1. The zero-order valence-corrected chi connectivity index (χ0v) is 16.3. The average Bonchev–Trinajstić information content (AvgIpc) is 2.69. The third-order valence-corrected chi connectivity index (χ3v) is 4.87. The van der Waals surface area contributed by atoms with E-state index in [2.05, 4.69) is 15.5 Å². The molecule has 0 unspecified atom stereocenters. The van der Waals surface area contributed by atoms with Crippen molar-refractivity contribution >= 4 is 34.9 Å². The van der Waals surface area contributed by atoms with E-state index in [4.69, 9.17) is 11.6 Å². The fraction of sp³-hybridized carbons (Fsp3) is 0.300. The Kier molecular flexibility index (Phi) is 6.26. The van der Waals surface area contributed by atoms with Crippen LogP contribution in [-0.4, -0.2) is 54.2 Å². The van der Waals surface area contributed by atoms with Gasteiger partial charge in [0.1, 0.15) is 11.8 Å². The molecule has 1 heterocycles. The van der Waals surface area contributed by atoms with E-state index in [9.17, 15) is 14.7 Å². The maximum absolute atomic E-state index is 12.5. The average molecular weight is 403 g/mol. The molecule has 0 aliphatic carbocycles. The fourth-order valence-electron chi connectivity index (χ4n) is 3.00. The fourth-order valence-corrected chi connectivity index (χ4v) is 3.19. The van der Waals surface area contributed by atoms with Crippen LogP contribution in [-0.2, 0) is 4.79 Å². The lowest BCUT2D eigenvalue weighted by Crippen LogP contribution is -2.54. The summed E-state index contributed by atoms with van der Waals surface area (Å²) in [6, 6.07) is 13.1. The summed E-state index contributed by atoms with van der Waals surface area (Å²) in [5.74, 6) is -0.418. The molecule has 8 heteroatoms. The largest absolute Gasteiger partial charge is 0.506 e. The highest BCUT2D eigenvalue weighted by molar-refractivity contribution is 6.30. The van der Waals surface area contributed by atoms with Crippen molar-refractivity contribution in [2.24, 2.45) is 0 Å². The highest BCUT2D eigenvalue weighted by Crippen LogP contribution is 2.22. The van der Waals surface area contributed by atoms with Crippen molar-refractivity contribution in [3.8, 4) is 5.75 Å². The number of rotatable bonds is 4. The molecule has 0 aromatic heterocycles. The molecule has 3 rings (SSSR count). The molecular weight excluding hydrogens is 380 g/mol. The van der Waals surface area contributed by atoms with Gasteiger partial charge >= 0.3 is 6.03 Å². The lowest BCUT2D eigenvalue weighted by Gasteiger charge is -2.36. The number of amides is 3. The number of phenolic OH excluding ortho intramolecular Hbond substituents is 1. The summed E-state index contributed by atoms with van der Waals surface area (Å²) in [5, 5.41) is 15.7. The Morgan fingerprint density at radius 1 is 1.07 bits per heavy atom. The maximum atomic E-state index is 12.5. The van der Waals surface area contributed by atoms with Gasteiger partial charge in [0.25, 0.3) is 0 Å². The summed E-state index contributed by atoms with van der Waals surface area (Å²) in [7, 11) is 0. The molecule has 148 valence electrons. The minimum atomic E-state index is -0.738. The van der Waals surface area contributed by atoms with Crippen LogP contribution in [0, 0.1) is 0 Å². The predicted molar refractivity (Wildman–Crippen MR) is 110 cm³/mol. The normalized spacial score (nSPS) is 15.1. The van der Waals surface area contributed by atoms with Gasteiger partial charge < -0.3 is 25.5 Å². The van der Waals surface area contributed by atoms with Crippen LogP contribution in [0.1, 0.15) is 6.92 Å². The highest BCUT2D eigenvalue weighted by Gasteiger charge is 2.24. The number of piperazine rings is 1. The molecule has 3 amide bonds. The van der Waals surface area contributed by atoms with Gasteiger partial charge in [0.05, 0.1) is 5.69 Å². The number of phenols is 1. The van der Waals surface area contributed by atoms with E-state index in [1.165, 1.54) is 6.07 Å². The molecule has 3 N–H and O–H groups in total. The number of benzene rings is 2. The Bertz CT molecular complexity index is 853. The van der Waals surface area contributed by atoms with E-state index >= 15 is 0 Å². The lowest BCUT2D eigenvalue weighted by atomic mass is 10.2. The highest BCUT2D eigenvalue weighted by atomic mass is 35.5. The van der Waals surface area contributed by atoms with Crippen LogP contribution >= 0.6 is 11.6 Å². The Balaban J connectivity index is 1.50. The monoisotopic (exact) mass is 402 g/mol. The summed E-state index contributed by atoms with van der Waals surface area (Å²) in [5.41, 5.74) is 1.34. The van der Waals surface area contributed by atoms with Crippen LogP contribution in [0.5, 0.6) is 5.75 Å². The van der Waals surface area contributed by atoms with Gasteiger partial charge in [-0.15, -0.1) is 0 Å². The Hall–Kier alpha value is -2.93. The molecular formula is C20H23ClN4O3. The first-order valence-electron chi connectivity index (χ1n) is 9.09. The van der Waals surface area contributed by atoms with E-state index in [-0.39, 0.29) is 11.8 Å². The number of hydrogen-bond donors (Lipinski definition) is 3. The Morgan fingerprint density at radius 2 is 1.79 bits per heavy atom. The minimum Gasteiger partial charge on any atom is -0.506 e. The standard InChI is InChI=1S/C20H23ClN4O3/c1-14(19(27)23-17-7-2-3-8-18(17)26)22-20(28)25-11-9-24(10-12-25)16-6-4-5-15(21)13-16/h2-8,13-14,26H,9-12H2,1H3,(H,22,28)(H,23,27)/t14-/m1/s1. The Morgan fingerprint density at radius 3 is 2.46 bits per heavy atom. The first kappa shape index (κ1) is 19.8. The summed E-state index contributed by atoms with van der Waals surface area (Å²) >= 11 is 6.04. The number of urea groups is 1. The molecule has 1 aliphatic heterocycles. The van der Waals surface area contributed by atoms with E-state index in [1.807, 2.05) is 24.3 Å². The summed E-state index contributed by atoms with van der Waals surface area (Å²) in [6.07, 6.45) is 0. The lowest BCUT2D eigenvalue weighted by molar-refractivity contribution is -0.117. The number of halogens is 1. The number of nitrogens with zero attached hydrogens (tertiary/aromatic N) is 2. The quantitative estimate of drug-likeness (QED) is 0.686. The third kappa shape index (κ3) is 4.86. The predicted octanol–water partition coefficient (Wildman–Crippen LogP) is 2.90. The van der Waals surface area contributed by atoms with Crippen molar-refractivity contribution in [1.82, 2.24) is 10.2 Å². The van der Waals surface area contributed by atoms with E-state index < -0.39 is 11.9 Å². The van der Waals surface area contributed by atoms with Gasteiger partial charge in [-0.2, -0.15) is 0 Å². The summed E-state index contributed by atoms with van der Waals surface area (Å²) in [4.78, 5) is 28.6. The number of para-hydroxylation sites is 2. The molecule has 2 aromatic carbocycles. The molecule has 1 atom stereocenters. The second kappa shape index (κ2) is 8.84. The SMILES string of the molecule is C[C@@H](NC(=O)N1CCN(c2cccc(Cl)c2)CC1)C(=O)Nc1ccccc1O. The molecule has 1 saturated heterocycles. The van der Waals surface area contributed by atoms with Gasteiger partial charge in [0, 0.05) is 36.9 Å². The van der Waals surface area contributed by atoms with Gasteiger partial charge in [0.2, 0.25) is 5.91 Å². The number of hydrogen-bond acceptors (Lipinski definition) is 4. The molecule has 7 nitrogen and oxygen atoms in total. The molecule has 0 saturated carbocycles. The van der Waals surface area contributed by atoms with Crippen molar-refractivity contribution in [3.05, 3.63) is 53.6 Å². The number of carbonyl (C=O) groups excluding carboxylic acids is 2. The molecule has 1 aliphatic rings. The van der Waals surface area contributed by atoms with Gasteiger partial charge in [-0.05, 0) is 37.3 Å². The van der Waals surface area contributed by atoms with Crippen molar-refractivity contribution in [2.75, 3.05) is 36.4 Å². The molecule has 0 spiro atoms. The van der Waals surface area contributed by atoms with E-state index in [0.29, 0.717) is 36.9 Å². The van der Waals surface area contributed by atoms with E-state index in [1.54, 1.807) is 30.0 Å². The second-order valence-electron chi connectivity index (χ2n) is 6.63. The number of anilines is 2. The molecule has 2 aromatic rings. The maximum Gasteiger partial charge on any atom is 0.318 e. The molecule has 1 fully saturated rings. The first-order valence-corrected chi connectivity index (χ1v) is 9.46. The van der Waals surface area contributed by atoms with Crippen LogP contribution in [0.25, 0.3) is 0 Å². The van der Waals surface area contributed by atoms with Crippen molar-refractivity contribution < 1.29 is 14.7 Å². The number of aromatic hydroxyl groups is 1.